The predicted octanol–water partition coefficient (Wildman–Crippen LogP) is 2.60. The van der Waals surface area contributed by atoms with Crippen LogP contribution in [-0.2, 0) is 17.9 Å². The summed E-state index contributed by atoms with van der Waals surface area (Å²) in [5.74, 6) is 0.855. The summed E-state index contributed by atoms with van der Waals surface area (Å²) in [7, 11) is 0. The molecule has 6 heteroatoms. The fraction of sp³-hybridized carbons (Fsp3) is 0.278. The summed E-state index contributed by atoms with van der Waals surface area (Å²) in [4.78, 5) is 13.4. The molecular formula is C18H19ClN2O3. The number of hydrogen-bond acceptors (Lipinski definition) is 4. The van der Waals surface area contributed by atoms with Crippen molar-refractivity contribution < 1.29 is 14.3 Å². The number of fused-ring (bicyclic) bond motifs is 1. The molecule has 0 bridgehead atoms. The highest BCUT2D eigenvalue weighted by atomic mass is 35.5. The number of benzene rings is 2. The molecule has 2 aromatic rings. The Labute approximate surface area is 145 Å². The third-order valence-electron chi connectivity index (χ3n) is 3.69. The maximum absolute atomic E-state index is 11.4. The number of nitrogens with zero attached hydrogens (tertiary/aromatic N) is 1. The highest BCUT2D eigenvalue weighted by Gasteiger charge is 2.18. The Morgan fingerprint density at radius 1 is 1.08 bits per heavy atom. The van der Waals surface area contributed by atoms with E-state index in [-0.39, 0.29) is 12.5 Å². The number of primary amides is 1. The van der Waals surface area contributed by atoms with Crippen molar-refractivity contribution in [3.8, 4) is 11.5 Å². The molecular weight excluding hydrogens is 328 g/mol. The van der Waals surface area contributed by atoms with Crippen LogP contribution >= 0.6 is 11.6 Å². The van der Waals surface area contributed by atoms with E-state index < -0.39 is 0 Å². The Hall–Kier alpha value is -2.24. The topological polar surface area (TPSA) is 64.8 Å². The van der Waals surface area contributed by atoms with Crippen molar-refractivity contribution in [2.45, 2.75) is 13.1 Å². The van der Waals surface area contributed by atoms with Gasteiger partial charge in [-0.15, -0.1) is 0 Å². The third-order valence-corrected chi connectivity index (χ3v) is 3.97. The van der Waals surface area contributed by atoms with Gasteiger partial charge in [-0.1, -0.05) is 41.9 Å². The molecule has 24 heavy (non-hydrogen) atoms. The Morgan fingerprint density at radius 2 is 1.79 bits per heavy atom. The largest absolute Gasteiger partial charge is 0.486 e. The second kappa shape index (κ2) is 7.55. The lowest BCUT2D eigenvalue weighted by molar-refractivity contribution is -0.119. The van der Waals surface area contributed by atoms with E-state index in [1.807, 2.05) is 47.4 Å². The number of amides is 1. The van der Waals surface area contributed by atoms with Crippen molar-refractivity contribution in [2.24, 2.45) is 5.73 Å². The van der Waals surface area contributed by atoms with Gasteiger partial charge in [0.1, 0.15) is 13.2 Å². The molecule has 0 aromatic heterocycles. The summed E-state index contributed by atoms with van der Waals surface area (Å²) in [6.45, 7) is 2.32. The Morgan fingerprint density at radius 3 is 2.54 bits per heavy atom. The van der Waals surface area contributed by atoms with Gasteiger partial charge in [0.2, 0.25) is 5.91 Å². The van der Waals surface area contributed by atoms with E-state index in [0.717, 1.165) is 11.1 Å². The molecule has 0 aliphatic carbocycles. The minimum atomic E-state index is -0.366. The lowest BCUT2D eigenvalue weighted by Gasteiger charge is -2.24. The van der Waals surface area contributed by atoms with E-state index in [1.165, 1.54) is 0 Å². The van der Waals surface area contributed by atoms with E-state index in [2.05, 4.69) is 0 Å². The van der Waals surface area contributed by atoms with Crippen LogP contribution in [0.1, 0.15) is 11.1 Å². The van der Waals surface area contributed by atoms with Crippen molar-refractivity contribution in [3.05, 3.63) is 58.6 Å². The molecule has 0 fully saturated rings. The number of nitrogens with two attached hydrogens (primary N) is 1. The number of halogens is 1. The van der Waals surface area contributed by atoms with Crippen LogP contribution in [0.15, 0.2) is 42.5 Å². The lowest BCUT2D eigenvalue weighted by Crippen LogP contribution is -2.33. The standard InChI is InChI=1S/C18H19ClN2O3/c19-15-8-14(9-16-18(15)24-7-6-23-16)11-21(12-17(20)22)10-13-4-2-1-3-5-13/h1-5,8-9H,6-7,10-12H2,(H2,20,22). The first-order valence-electron chi connectivity index (χ1n) is 7.74. The molecule has 1 aliphatic heterocycles. The molecule has 0 radical (unpaired) electrons. The van der Waals surface area contributed by atoms with Gasteiger partial charge in [0, 0.05) is 13.1 Å². The summed E-state index contributed by atoms with van der Waals surface area (Å²) in [5.41, 5.74) is 7.45. The summed E-state index contributed by atoms with van der Waals surface area (Å²) < 4.78 is 11.1. The van der Waals surface area contributed by atoms with Crippen LogP contribution in [0.4, 0.5) is 0 Å². The molecule has 5 nitrogen and oxygen atoms in total. The Kier molecular flexibility index (Phi) is 5.23. The molecule has 0 saturated carbocycles. The minimum absolute atomic E-state index is 0.168. The van der Waals surface area contributed by atoms with Crippen LogP contribution < -0.4 is 15.2 Å². The first kappa shape index (κ1) is 16.6. The van der Waals surface area contributed by atoms with Gasteiger partial charge in [0.25, 0.3) is 0 Å². The van der Waals surface area contributed by atoms with E-state index in [0.29, 0.717) is 42.8 Å². The molecule has 0 unspecified atom stereocenters. The summed E-state index contributed by atoms with van der Waals surface area (Å²) >= 11 is 6.28. The average molecular weight is 347 g/mol. The monoisotopic (exact) mass is 346 g/mol. The zero-order valence-electron chi connectivity index (χ0n) is 13.2. The molecule has 1 aliphatic rings. The Balaban J connectivity index is 1.79. The Bertz CT molecular complexity index is 722. The fourth-order valence-electron chi connectivity index (χ4n) is 2.74. The summed E-state index contributed by atoms with van der Waals surface area (Å²) in [5, 5.41) is 0.515. The van der Waals surface area contributed by atoms with Gasteiger partial charge in [0.05, 0.1) is 11.6 Å². The maximum Gasteiger partial charge on any atom is 0.231 e. The van der Waals surface area contributed by atoms with Crippen molar-refractivity contribution in [2.75, 3.05) is 19.8 Å². The average Bonchev–Trinajstić information content (AvgIpc) is 2.55. The molecule has 3 rings (SSSR count). The van der Waals surface area contributed by atoms with E-state index in [1.54, 1.807) is 0 Å². The van der Waals surface area contributed by atoms with E-state index in [4.69, 9.17) is 26.8 Å². The maximum atomic E-state index is 11.4. The van der Waals surface area contributed by atoms with Crippen molar-refractivity contribution in [1.82, 2.24) is 4.90 Å². The fourth-order valence-corrected chi connectivity index (χ4v) is 3.03. The molecule has 1 heterocycles. The highest BCUT2D eigenvalue weighted by Crippen LogP contribution is 2.38. The van der Waals surface area contributed by atoms with Crippen molar-refractivity contribution in [3.63, 3.8) is 0 Å². The van der Waals surface area contributed by atoms with Gasteiger partial charge in [0.15, 0.2) is 11.5 Å². The van der Waals surface area contributed by atoms with Crippen LogP contribution in [0.3, 0.4) is 0 Å². The highest BCUT2D eigenvalue weighted by molar-refractivity contribution is 6.32. The van der Waals surface area contributed by atoms with Crippen LogP contribution in [0, 0.1) is 0 Å². The second-order valence-electron chi connectivity index (χ2n) is 5.70. The first-order chi connectivity index (χ1) is 11.6. The van der Waals surface area contributed by atoms with Gasteiger partial charge >= 0.3 is 0 Å². The van der Waals surface area contributed by atoms with Crippen molar-refractivity contribution >= 4 is 17.5 Å². The molecule has 1 amide bonds. The quantitative estimate of drug-likeness (QED) is 0.873. The van der Waals surface area contributed by atoms with E-state index >= 15 is 0 Å². The predicted molar refractivity (Wildman–Crippen MR) is 92.2 cm³/mol. The van der Waals surface area contributed by atoms with Gasteiger partial charge in [-0.05, 0) is 23.3 Å². The molecule has 126 valence electrons. The molecule has 2 aromatic carbocycles. The zero-order valence-corrected chi connectivity index (χ0v) is 14.0. The number of carbonyl (C=O) groups excluding carboxylic acids is 1. The zero-order chi connectivity index (χ0) is 16.9. The SMILES string of the molecule is NC(=O)CN(Cc1ccccc1)Cc1cc(Cl)c2c(c1)OCCO2. The smallest absolute Gasteiger partial charge is 0.231 e. The summed E-state index contributed by atoms with van der Waals surface area (Å²) in [6.07, 6.45) is 0. The van der Waals surface area contributed by atoms with Crippen LogP contribution in [0.2, 0.25) is 5.02 Å². The van der Waals surface area contributed by atoms with Gasteiger partial charge < -0.3 is 15.2 Å². The van der Waals surface area contributed by atoms with Gasteiger partial charge in [-0.2, -0.15) is 0 Å². The number of rotatable bonds is 6. The molecule has 0 saturated heterocycles. The molecule has 2 N–H and O–H groups in total. The van der Waals surface area contributed by atoms with Gasteiger partial charge in [-0.25, -0.2) is 0 Å². The van der Waals surface area contributed by atoms with Crippen LogP contribution in [0.25, 0.3) is 0 Å². The normalized spacial score (nSPS) is 13.1. The van der Waals surface area contributed by atoms with Crippen molar-refractivity contribution in [1.29, 1.82) is 0 Å². The number of hydrogen-bond donors (Lipinski definition) is 1. The third kappa shape index (κ3) is 4.19. The number of carbonyl (C=O) groups is 1. The summed E-state index contributed by atoms with van der Waals surface area (Å²) in [6, 6.07) is 13.7. The molecule has 0 atom stereocenters. The van der Waals surface area contributed by atoms with Gasteiger partial charge in [-0.3, -0.25) is 9.69 Å². The first-order valence-corrected chi connectivity index (χ1v) is 8.12. The lowest BCUT2D eigenvalue weighted by atomic mass is 10.1. The van der Waals surface area contributed by atoms with Crippen LogP contribution in [0.5, 0.6) is 11.5 Å². The van der Waals surface area contributed by atoms with Crippen LogP contribution in [-0.4, -0.2) is 30.6 Å². The van der Waals surface area contributed by atoms with E-state index in [9.17, 15) is 4.79 Å². The number of ether oxygens (including phenoxy) is 2. The second-order valence-corrected chi connectivity index (χ2v) is 6.11. The minimum Gasteiger partial charge on any atom is -0.486 e. The molecule has 0 spiro atoms.